The van der Waals surface area contributed by atoms with Crippen molar-refractivity contribution >= 4 is 17.6 Å². The van der Waals surface area contributed by atoms with Crippen LogP contribution in [0.4, 0.5) is 14.5 Å². The second-order valence-corrected chi connectivity index (χ2v) is 5.01. The van der Waals surface area contributed by atoms with Gasteiger partial charge in [-0.05, 0) is 31.4 Å². The highest BCUT2D eigenvalue weighted by atomic mass is 19.1. The van der Waals surface area contributed by atoms with Gasteiger partial charge in [0.2, 0.25) is 5.91 Å². The summed E-state index contributed by atoms with van der Waals surface area (Å²) in [5.41, 5.74) is -0.215. The molecule has 0 aromatic heterocycles. The Morgan fingerprint density at radius 1 is 1.20 bits per heavy atom. The first-order valence-corrected chi connectivity index (χ1v) is 6.46. The maximum absolute atomic E-state index is 13.4. The van der Waals surface area contributed by atoms with Gasteiger partial charge in [0.15, 0.2) is 0 Å². The lowest BCUT2D eigenvalue weighted by Gasteiger charge is -2.25. The molecule has 1 saturated carbocycles. The van der Waals surface area contributed by atoms with Crippen LogP contribution in [0.5, 0.6) is 0 Å². The molecule has 2 atom stereocenters. The Hall–Kier alpha value is -1.98. The number of anilines is 1. The van der Waals surface area contributed by atoms with Gasteiger partial charge < -0.3 is 10.4 Å². The summed E-state index contributed by atoms with van der Waals surface area (Å²) in [5.74, 6) is -3.76. The normalized spacial score (nSPS) is 22.3. The first-order chi connectivity index (χ1) is 9.47. The van der Waals surface area contributed by atoms with Crippen LogP contribution in [-0.2, 0) is 9.59 Å². The summed E-state index contributed by atoms with van der Waals surface area (Å²) >= 11 is 0. The maximum Gasteiger partial charge on any atom is 0.306 e. The molecular formula is C14H15F2NO3. The van der Waals surface area contributed by atoms with Crippen molar-refractivity contribution in [2.45, 2.75) is 25.7 Å². The lowest BCUT2D eigenvalue weighted by atomic mass is 9.81. The van der Waals surface area contributed by atoms with Crippen LogP contribution >= 0.6 is 0 Å². The molecule has 0 saturated heterocycles. The van der Waals surface area contributed by atoms with Gasteiger partial charge in [-0.1, -0.05) is 6.42 Å². The Bertz CT molecular complexity index is 533. The average molecular weight is 283 g/mol. The number of rotatable bonds is 3. The van der Waals surface area contributed by atoms with Gasteiger partial charge in [-0.3, -0.25) is 9.59 Å². The number of carbonyl (C=O) groups is 2. The Morgan fingerprint density at radius 2 is 1.90 bits per heavy atom. The molecule has 0 spiro atoms. The van der Waals surface area contributed by atoms with E-state index in [1.165, 1.54) is 0 Å². The van der Waals surface area contributed by atoms with Crippen molar-refractivity contribution in [3.8, 4) is 0 Å². The molecule has 108 valence electrons. The molecule has 20 heavy (non-hydrogen) atoms. The van der Waals surface area contributed by atoms with Crippen molar-refractivity contribution in [3.63, 3.8) is 0 Å². The molecule has 1 amide bonds. The standard InChI is InChI=1S/C14H15F2NO3/c15-10-4-5-11(16)12(7-10)17-13(18)8-2-1-3-9(6-8)14(19)20/h4-5,7-9H,1-3,6H2,(H,17,18)(H,19,20). The summed E-state index contributed by atoms with van der Waals surface area (Å²) in [6.07, 6.45) is 1.98. The molecule has 1 aromatic carbocycles. The quantitative estimate of drug-likeness (QED) is 0.896. The monoisotopic (exact) mass is 283 g/mol. The van der Waals surface area contributed by atoms with E-state index in [0.29, 0.717) is 19.3 Å². The highest BCUT2D eigenvalue weighted by Crippen LogP contribution is 2.30. The van der Waals surface area contributed by atoms with Gasteiger partial charge in [-0.15, -0.1) is 0 Å². The predicted molar refractivity (Wildman–Crippen MR) is 68.1 cm³/mol. The van der Waals surface area contributed by atoms with Gasteiger partial charge in [0.25, 0.3) is 0 Å². The number of amides is 1. The van der Waals surface area contributed by atoms with Crippen molar-refractivity contribution in [1.82, 2.24) is 0 Å². The number of carboxylic acids is 1. The minimum absolute atomic E-state index is 0.215. The number of halogens is 2. The Balaban J connectivity index is 2.04. The van der Waals surface area contributed by atoms with E-state index in [4.69, 9.17) is 5.11 Å². The van der Waals surface area contributed by atoms with E-state index >= 15 is 0 Å². The largest absolute Gasteiger partial charge is 0.481 e. The predicted octanol–water partition coefficient (Wildman–Crippen LogP) is 2.79. The number of carbonyl (C=O) groups excluding carboxylic acids is 1. The lowest BCUT2D eigenvalue weighted by molar-refractivity contribution is -0.143. The molecule has 2 rings (SSSR count). The van der Waals surface area contributed by atoms with Crippen LogP contribution in [0.25, 0.3) is 0 Å². The molecule has 4 nitrogen and oxygen atoms in total. The third-order valence-corrected chi connectivity index (χ3v) is 3.58. The smallest absolute Gasteiger partial charge is 0.306 e. The van der Waals surface area contributed by atoms with Crippen molar-refractivity contribution in [1.29, 1.82) is 0 Å². The fourth-order valence-electron chi connectivity index (χ4n) is 2.48. The van der Waals surface area contributed by atoms with Crippen molar-refractivity contribution < 1.29 is 23.5 Å². The molecule has 6 heteroatoms. The van der Waals surface area contributed by atoms with E-state index in [9.17, 15) is 18.4 Å². The van der Waals surface area contributed by atoms with Crippen molar-refractivity contribution in [3.05, 3.63) is 29.8 Å². The number of hydrogen-bond donors (Lipinski definition) is 2. The van der Waals surface area contributed by atoms with Gasteiger partial charge in [0, 0.05) is 12.0 Å². The third kappa shape index (κ3) is 3.31. The summed E-state index contributed by atoms with van der Waals surface area (Å²) in [6.45, 7) is 0. The summed E-state index contributed by atoms with van der Waals surface area (Å²) in [6, 6.07) is 2.81. The van der Waals surface area contributed by atoms with Crippen LogP contribution in [0.1, 0.15) is 25.7 Å². The number of nitrogens with one attached hydrogen (secondary N) is 1. The van der Waals surface area contributed by atoms with Crippen LogP contribution in [0.3, 0.4) is 0 Å². The van der Waals surface area contributed by atoms with E-state index in [1.54, 1.807) is 0 Å². The molecule has 2 unspecified atom stereocenters. The Morgan fingerprint density at radius 3 is 2.60 bits per heavy atom. The van der Waals surface area contributed by atoms with E-state index in [0.717, 1.165) is 18.2 Å². The van der Waals surface area contributed by atoms with Gasteiger partial charge in [-0.25, -0.2) is 8.78 Å². The van der Waals surface area contributed by atoms with Crippen LogP contribution in [0.2, 0.25) is 0 Å². The SMILES string of the molecule is O=C(O)C1CCCC(C(=O)Nc2cc(F)ccc2F)C1. The zero-order valence-electron chi connectivity index (χ0n) is 10.7. The summed E-state index contributed by atoms with van der Waals surface area (Å²) < 4.78 is 26.4. The molecular weight excluding hydrogens is 268 g/mol. The molecule has 1 aromatic rings. The van der Waals surface area contributed by atoms with E-state index in [1.807, 2.05) is 0 Å². The first-order valence-electron chi connectivity index (χ1n) is 6.46. The summed E-state index contributed by atoms with van der Waals surface area (Å²) in [4.78, 5) is 22.9. The Labute approximate surface area is 114 Å². The second-order valence-electron chi connectivity index (χ2n) is 5.01. The Kier molecular flexibility index (Phi) is 4.32. The maximum atomic E-state index is 13.4. The topological polar surface area (TPSA) is 66.4 Å². The van der Waals surface area contributed by atoms with Crippen molar-refractivity contribution in [2.24, 2.45) is 11.8 Å². The minimum Gasteiger partial charge on any atom is -0.481 e. The second kappa shape index (κ2) is 5.98. The van der Waals surface area contributed by atoms with Gasteiger partial charge in [0.1, 0.15) is 11.6 Å². The molecule has 1 aliphatic rings. The number of benzene rings is 1. The van der Waals surface area contributed by atoms with Crippen LogP contribution < -0.4 is 5.32 Å². The van der Waals surface area contributed by atoms with Gasteiger partial charge in [-0.2, -0.15) is 0 Å². The molecule has 1 aliphatic carbocycles. The zero-order chi connectivity index (χ0) is 14.7. The third-order valence-electron chi connectivity index (χ3n) is 3.58. The van der Waals surface area contributed by atoms with E-state index < -0.39 is 35.3 Å². The van der Waals surface area contributed by atoms with Crippen LogP contribution in [-0.4, -0.2) is 17.0 Å². The van der Waals surface area contributed by atoms with E-state index in [-0.39, 0.29) is 12.1 Å². The van der Waals surface area contributed by atoms with Crippen LogP contribution in [0, 0.1) is 23.5 Å². The first kappa shape index (κ1) is 14.4. The summed E-state index contributed by atoms with van der Waals surface area (Å²) in [7, 11) is 0. The number of hydrogen-bond acceptors (Lipinski definition) is 2. The minimum atomic E-state index is -0.917. The molecule has 1 fully saturated rings. The highest BCUT2D eigenvalue weighted by Gasteiger charge is 2.31. The van der Waals surface area contributed by atoms with Gasteiger partial charge in [0.05, 0.1) is 11.6 Å². The molecule has 2 N–H and O–H groups in total. The van der Waals surface area contributed by atoms with Crippen molar-refractivity contribution in [2.75, 3.05) is 5.32 Å². The lowest BCUT2D eigenvalue weighted by Crippen LogP contribution is -2.31. The molecule has 0 aliphatic heterocycles. The van der Waals surface area contributed by atoms with Gasteiger partial charge >= 0.3 is 5.97 Å². The fourth-order valence-corrected chi connectivity index (χ4v) is 2.48. The molecule has 0 heterocycles. The fraction of sp³-hybridized carbons (Fsp3) is 0.429. The zero-order valence-corrected chi connectivity index (χ0v) is 10.7. The molecule has 0 radical (unpaired) electrons. The summed E-state index contributed by atoms with van der Waals surface area (Å²) in [5, 5.41) is 11.3. The number of aliphatic carboxylic acids is 1. The number of carboxylic acid groups (broad SMARTS) is 1. The highest BCUT2D eigenvalue weighted by molar-refractivity contribution is 5.93. The average Bonchev–Trinajstić information content (AvgIpc) is 2.43. The van der Waals surface area contributed by atoms with E-state index in [2.05, 4.69) is 5.32 Å². The van der Waals surface area contributed by atoms with Crippen LogP contribution in [0.15, 0.2) is 18.2 Å². The molecule has 0 bridgehead atoms.